The van der Waals surface area contributed by atoms with E-state index in [-0.39, 0.29) is 35.4 Å². The van der Waals surface area contributed by atoms with Crippen LogP contribution in [0.5, 0.6) is 0 Å². The second-order valence-corrected chi connectivity index (χ2v) is 9.15. The summed E-state index contributed by atoms with van der Waals surface area (Å²) in [4.78, 5) is 9.07. The van der Waals surface area contributed by atoms with Crippen LogP contribution in [0.4, 0.5) is 0 Å². The molecule has 1 unspecified atom stereocenters. The maximum atomic E-state index is 6.15. The number of ether oxygens (including phenoxy) is 1. The number of fused-ring (bicyclic) bond motifs is 1. The highest BCUT2D eigenvalue weighted by atomic mass is 127. The van der Waals surface area contributed by atoms with E-state index in [0.717, 1.165) is 48.6 Å². The third-order valence-corrected chi connectivity index (χ3v) is 6.85. The van der Waals surface area contributed by atoms with E-state index < -0.39 is 0 Å². The fourth-order valence-electron chi connectivity index (χ4n) is 4.91. The van der Waals surface area contributed by atoms with Crippen molar-refractivity contribution in [3.63, 3.8) is 0 Å². The number of aliphatic imine (C=N–C) groups is 1. The summed E-state index contributed by atoms with van der Waals surface area (Å²) >= 11 is 6.15. The van der Waals surface area contributed by atoms with Crippen LogP contribution in [-0.2, 0) is 29.7 Å². The van der Waals surface area contributed by atoms with E-state index in [2.05, 4.69) is 37.8 Å². The number of aryl methyl sites for hydroxylation is 1. The van der Waals surface area contributed by atoms with Gasteiger partial charge >= 0.3 is 0 Å². The summed E-state index contributed by atoms with van der Waals surface area (Å²) in [5.74, 6) is 2.64. The second-order valence-electron chi connectivity index (χ2n) is 8.71. The molecule has 2 aliphatic rings. The van der Waals surface area contributed by atoms with Gasteiger partial charge in [0.1, 0.15) is 12.4 Å². The number of halogens is 2. The van der Waals surface area contributed by atoms with Crippen molar-refractivity contribution in [3.05, 3.63) is 46.5 Å². The van der Waals surface area contributed by atoms with Crippen LogP contribution in [0.2, 0.25) is 5.02 Å². The van der Waals surface area contributed by atoms with Crippen LogP contribution in [0.1, 0.15) is 55.7 Å². The summed E-state index contributed by atoms with van der Waals surface area (Å²) in [6.07, 6.45) is 8.12. The molecule has 7 nitrogen and oxygen atoms in total. The summed E-state index contributed by atoms with van der Waals surface area (Å²) < 4.78 is 7.17. The quantitative estimate of drug-likeness (QED) is 0.310. The lowest BCUT2D eigenvalue weighted by Gasteiger charge is -2.39. The molecule has 2 heterocycles. The zero-order valence-corrected chi connectivity index (χ0v) is 22.0. The minimum atomic E-state index is 0. The number of nitrogens with one attached hydrogen (secondary N) is 2. The van der Waals surface area contributed by atoms with Crippen LogP contribution in [-0.4, -0.2) is 47.5 Å². The topological polar surface area (TPSA) is 76.4 Å². The standard InChI is InChI=1S/C23H33ClN6O.HI/c1-25-22(27-19-10-11-21-28-20(15-31-2)29-30(21)14-19)26-16-23(12-4-3-5-13-23)17-6-8-18(24)9-7-17;/h6-9,19H,3-5,10-16H2,1-2H3,(H2,25,26,27);1H. The molecule has 0 spiro atoms. The Bertz CT molecular complexity index is 894. The van der Waals surface area contributed by atoms with Crippen LogP contribution in [0.25, 0.3) is 0 Å². The molecule has 32 heavy (non-hydrogen) atoms. The fraction of sp³-hybridized carbons (Fsp3) is 0.609. The van der Waals surface area contributed by atoms with Crippen molar-refractivity contribution in [3.8, 4) is 0 Å². The summed E-state index contributed by atoms with van der Waals surface area (Å²) in [5, 5.41) is 12.6. The second kappa shape index (κ2) is 11.7. The average molecular weight is 573 g/mol. The molecule has 1 aromatic heterocycles. The van der Waals surface area contributed by atoms with Crippen LogP contribution in [0.3, 0.4) is 0 Å². The van der Waals surface area contributed by atoms with Crippen LogP contribution < -0.4 is 10.6 Å². The van der Waals surface area contributed by atoms with Gasteiger partial charge in [0, 0.05) is 43.6 Å². The SMILES string of the molecule is CN=C(NCC1(c2ccc(Cl)cc2)CCCCC1)NC1CCc2nc(COC)nn2C1.I. The number of guanidine groups is 1. The predicted molar refractivity (Wildman–Crippen MR) is 139 cm³/mol. The van der Waals surface area contributed by atoms with Crippen molar-refractivity contribution in [2.45, 2.75) is 69.6 Å². The zero-order valence-electron chi connectivity index (χ0n) is 18.9. The molecule has 1 saturated carbocycles. The summed E-state index contributed by atoms with van der Waals surface area (Å²) in [7, 11) is 3.51. The summed E-state index contributed by atoms with van der Waals surface area (Å²) in [5.41, 5.74) is 1.50. The molecule has 0 radical (unpaired) electrons. The molecule has 1 aliphatic carbocycles. The normalized spacial score (nSPS) is 20.2. The lowest BCUT2D eigenvalue weighted by atomic mass is 9.69. The van der Waals surface area contributed by atoms with E-state index in [1.807, 2.05) is 23.9 Å². The molecular formula is C23H34ClIN6O. The number of aromatic nitrogens is 3. The third-order valence-electron chi connectivity index (χ3n) is 6.60. The molecule has 1 aromatic carbocycles. The molecule has 0 amide bonds. The van der Waals surface area contributed by atoms with Crippen molar-refractivity contribution in [1.82, 2.24) is 25.4 Å². The molecule has 0 bridgehead atoms. The van der Waals surface area contributed by atoms with Crippen LogP contribution in [0.15, 0.2) is 29.3 Å². The van der Waals surface area contributed by atoms with Crippen molar-refractivity contribution in [1.29, 1.82) is 0 Å². The van der Waals surface area contributed by atoms with Gasteiger partial charge in [-0.2, -0.15) is 5.10 Å². The van der Waals surface area contributed by atoms with Gasteiger partial charge < -0.3 is 15.4 Å². The van der Waals surface area contributed by atoms with Gasteiger partial charge in [-0.3, -0.25) is 4.99 Å². The Balaban J connectivity index is 0.00000289. The van der Waals surface area contributed by atoms with Crippen LogP contribution in [0, 0.1) is 0 Å². The molecular weight excluding hydrogens is 539 g/mol. The van der Waals surface area contributed by atoms with Crippen molar-refractivity contribution >= 4 is 41.5 Å². The summed E-state index contributed by atoms with van der Waals surface area (Å²) in [6, 6.07) is 8.67. The smallest absolute Gasteiger partial charge is 0.191 e. The zero-order chi connectivity index (χ0) is 21.7. The van der Waals surface area contributed by atoms with Crippen LogP contribution >= 0.6 is 35.6 Å². The first kappa shape index (κ1) is 25.2. The minimum Gasteiger partial charge on any atom is -0.377 e. The molecule has 2 N–H and O–H groups in total. The van der Waals surface area contributed by atoms with E-state index in [9.17, 15) is 0 Å². The van der Waals surface area contributed by atoms with Gasteiger partial charge in [0.2, 0.25) is 0 Å². The Hall–Kier alpha value is -1.39. The lowest BCUT2D eigenvalue weighted by molar-refractivity contribution is 0.177. The van der Waals surface area contributed by atoms with E-state index in [1.54, 1.807) is 7.11 Å². The Kier molecular flexibility index (Phi) is 9.19. The third kappa shape index (κ3) is 5.94. The number of rotatable bonds is 6. The Morgan fingerprint density at radius 2 is 2.00 bits per heavy atom. The number of benzene rings is 1. The predicted octanol–water partition coefficient (Wildman–Crippen LogP) is 4.08. The number of nitrogens with zero attached hydrogens (tertiary/aromatic N) is 4. The number of methoxy groups -OCH3 is 1. The van der Waals surface area contributed by atoms with Gasteiger partial charge in [-0.05, 0) is 37.0 Å². The van der Waals surface area contributed by atoms with Gasteiger partial charge in [0.25, 0.3) is 0 Å². The molecule has 0 saturated heterocycles. The molecule has 176 valence electrons. The molecule has 1 atom stereocenters. The fourth-order valence-corrected chi connectivity index (χ4v) is 5.04. The first-order valence-electron chi connectivity index (χ1n) is 11.3. The van der Waals surface area contributed by atoms with Crippen molar-refractivity contribution < 1.29 is 4.74 Å². The van der Waals surface area contributed by atoms with Gasteiger partial charge in [-0.15, -0.1) is 24.0 Å². The molecule has 4 rings (SSSR count). The molecule has 9 heteroatoms. The van der Waals surface area contributed by atoms with E-state index >= 15 is 0 Å². The highest BCUT2D eigenvalue weighted by Crippen LogP contribution is 2.39. The number of hydrogen-bond acceptors (Lipinski definition) is 4. The largest absolute Gasteiger partial charge is 0.377 e. The van der Waals surface area contributed by atoms with Gasteiger partial charge in [-0.25, -0.2) is 9.67 Å². The molecule has 1 aliphatic heterocycles. The molecule has 1 fully saturated rings. The van der Waals surface area contributed by atoms with Gasteiger partial charge in [0.15, 0.2) is 11.8 Å². The Morgan fingerprint density at radius 1 is 1.25 bits per heavy atom. The monoisotopic (exact) mass is 572 g/mol. The number of hydrogen-bond donors (Lipinski definition) is 2. The summed E-state index contributed by atoms with van der Waals surface area (Å²) in [6.45, 7) is 2.11. The Morgan fingerprint density at radius 3 is 2.69 bits per heavy atom. The maximum Gasteiger partial charge on any atom is 0.191 e. The first-order chi connectivity index (χ1) is 15.1. The molecule has 2 aromatic rings. The average Bonchev–Trinajstić information content (AvgIpc) is 3.19. The highest BCUT2D eigenvalue weighted by molar-refractivity contribution is 14.0. The van der Waals surface area contributed by atoms with Crippen molar-refractivity contribution in [2.24, 2.45) is 4.99 Å². The first-order valence-corrected chi connectivity index (χ1v) is 11.6. The Labute approximate surface area is 212 Å². The van der Waals surface area contributed by atoms with E-state index in [0.29, 0.717) is 6.61 Å². The van der Waals surface area contributed by atoms with Gasteiger partial charge in [-0.1, -0.05) is 43.0 Å². The van der Waals surface area contributed by atoms with E-state index in [1.165, 1.54) is 37.7 Å². The lowest BCUT2D eigenvalue weighted by Crippen LogP contribution is -2.51. The maximum absolute atomic E-state index is 6.15. The van der Waals surface area contributed by atoms with E-state index in [4.69, 9.17) is 16.3 Å². The van der Waals surface area contributed by atoms with Crippen molar-refractivity contribution in [2.75, 3.05) is 20.7 Å². The highest BCUT2D eigenvalue weighted by Gasteiger charge is 2.34. The van der Waals surface area contributed by atoms with Gasteiger partial charge in [0.05, 0.1) is 6.54 Å². The minimum absolute atomic E-state index is 0.